The van der Waals surface area contributed by atoms with E-state index in [1.165, 1.54) is 5.56 Å². The highest BCUT2D eigenvalue weighted by atomic mass is 16.2. The van der Waals surface area contributed by atoms with E-state index in [1.54, 1.807) is 0 Å². The average Bonchev–Trinajstić information content (AvgIpc) is 3.19. The number of aromatic amines is 1. The highest BCUT2D eigenvalue weighted by Crippen LogP contribution is 2.28. The van der Waals surface area contributed by atoms with Crippen LogP contribution < -0.4 is 0 Å². The van der Waals surface area contributed by atoms with E-state index in [-0.39, 0.29) is 11.8 Å². The summed E-state index contributed by atoms with van der Waals surface area (Å²) < 4.78 is 0. The Bertz CT molecular complexity index is 984. The summed E-state index contributed by atoms with van der Waals surface area (Å²) >= 11 is 0. The number of benzene rings is 1. The molecule has 1 amide bonds. The first kappa shape index (κ1) is 16.8. The molecule has 2 aromatic heterocycles. The van der Waals surface area contributed by atoms with Gasteiger partial charge < -0.3 is 9.88 Å². The minimum atomic E-state index is 0.0945. The second-order valence-electron chi connectivity index (χ2n) is 7.38. The SMILES string of the molecule is Cc1cc(C)nc([C@@H]2CCN(C(=O)c3ccc4[nH]c(C)c(C)c4c3)C2)n1. The number of amides is 1. The van der Waals surface area contributed by atoms with Crippen molar-refractivity contribution in [1.29, 1.82) is 0 Å². The molecule has 4 rings (SSSR count). The Balaban J connectivity index is 1.57. The maximum atomic E-state index is 13.0. The molecule has 0 radical (unpaired) electrons. The molecule has 3 aromatic rings. The number of hydrogen-bond acceptors (Lipinski definition) is 3. The van der Waals surface area contributed by atoms with Gasteiger partial charge in [0.25, 0.3) is 5.91 Å². The van der Waals surface area contributed by atoms with Crippen LogP contribution in [-0.4, -0.2) is 38.8 Å². The van der Waals surface area contributed by atoms with Gasteiger partial charge in [0.2, 0.25) is 0 Å². The van der Waals surface area contributed by atoms with Crippen LogP contribution >= 0.6 is 0 Å². The fourth-order valence-corrected chi connectivity index (χ4v) is 3.87. The van der Waals surface area contributed by atoms with E-state index >= 15 is 0 Å². The average molecular weight is 348 g/mol. The van der Waals surface area contributed by atoms with E-state index in [0.717, 1.165) is 52.3 Å². The number of H-pyrrole nitrogens is 1. The van der Waals surface area contributed by atoms with Gasteiger partial charge in [0.1, 0.15) is 5.82 Å². The standard InChI is InChI=1S/C21H24N4O/c1-12-9-13(2)23-20(22-12)17-7-8-25(11-17)21(26)16-5-6-19-18(10-16)14(3)15(4)24-19/h5-6,9-10,17,24H,7-8,11H2,1-4H3/t17-/m1/s1. The van der Waals surface area contributed by atoms with Crippen LogP contribution in [0.3, 0.4) is 0 Å². The van der Waals surface area contributed by atoms with Gasteiger partial charge in [-0.05, 0) is 63.9 Å². The molecule has 5 nitrogen and oxygen atoms in total. The Labute approximate surface area is 153 Å². The first-order valence-corrected chi connectivity index (χ1v) is 9.13. The fourth-order valence-electron chi connectivity index (χ4n) is 3.87. The van der Waals surface area contributed by atoms with Crippen LogP contribution in [0.2, 0.25) is 0 Å². The van der Waals surface area contributed by atoms with E-state index < -0.39 is 0 Å². The van der Waals surface area contributed by atoms with Crippen molar-refractivity contribution in [3.8, 4) is 0 Å². The smallest absolute Gasteiger partial charge is 0.253 e. The molecule has 1 aliphatic rings. The number of aryl methyl sites for hydroxylation is 4. The van der Waals surface area contributed by atoms with Crippen LogP contribution in [0.4, 0.5) is 0 Å². The van der Waals surface area contributed by atoms with Gasteiger partial charge in [-0.1, -0.05) is 0 Å². The summed E-state index contributed by atoms with van der Waals surface area (Å²) in [5.41, 5.74) is 6.17. The number of hydrogen-bond donors (Lipinski definition) is 1. The molecule has 1 aliphatic heterocycles. The lowest BCUT2D eigenvalue weighted by atomic mass is 10.1. The molecule has 1 N–H and O–H groups in total. The molecule has 0 unspecified atom stereocenters. The van der Waals surface area contributed by atoms with Crippen LogP contribution in [-0.2, 0) is 0 Å². The predicted octanol–water partition coefficient (Wildman–Crippen LogP) is 3.82. The second kappa shape index (κ2) is 6.24. The van der Waals surface area contributed by atoms with Gasteiger partial charge in [-0.2, -0.15) is 0 Å². The van der Waals surface area contributed by atoms with Crippen molar-refractivity contribution in [3.63, 3.8) is 0 Å². The van der Waals surface area contributed by atoms with Crippen LogP contribution in [0.5, 0.6) is 0 Å². The molecule has 134 valence electrons. The molecule has 1 atom stereocenters. The summed E-state index contributed by atoms with van der Waals surface area (Å²) in [7, 11) is 0. The number of nitrogens with zero attached hydrogens (tertiary/aromatic N) is 3. The Morgan fingerprint density at radius 1 is 1.12 bits per heavy atom. The van der Waals surface area contributed by atoms with Crippen molar-refractivity contribution in [2.24, 2.45) is 0 Å². The topological polar surface area (TPSA) is 61.9 Å². The third-order valence-corrected chi connectivity index (χ3v) is 5.40. The number of nitrogens with one attached hydrogen (secondary N) is 1. The lowest BCUT2D eigenvalue weighted by Gasteiger charge is -2.17. The quantitative estimate of drug-likeness (QED) is 0.766. The Hall–Kier alpha value is -2.69. The summed E-state index contributed by atoms with van der Waals surface area (Å²) in [6, 6.07) is 7.92. The van der Waals surface area contributed by atoms with Gasteiger partial charge in [0.15, 0.2) is 0 Å². The molecule has 1 fully saturated rings. The summed E-state index contributed by atoms with van der Waals surface area (Å²) in [6.07, 6.45) is 0.916. The van der Waals surface area contributed by atoms with E-state index in [0.29, 0.717) is 6.54 Å². The molecular weight excluding hydrogens is 324 g/mol. The van der Waals surface area contributed by atoms with Gasteiger partial charge in [0, 0.05) is 52.6 Å². The van der Waals surface area contributed by atoms with Crippen LogP contribution in [0.25, 0.3) is 10.9 Å². The number of fused-ring (bicyclic) bond motifs is 1. The van der Waals surface area contributed by atoms with Crippen LogP contribution in [0.1, 0.15) is 51.2 Å². The van der Waals surface area contributed by atoms with E-state index in [2.05, 4.69) is 28.8 Å². The van der Waals surface area contributed by atoms with Gasteiger partial charge >= 0.3 is 0 Å². The molecule has 0 saturated carbocycles. The summed E-state index contributed by atoms with van der Waals surface area (Å²) in [5.74, 6) is 1.18. The van der Waals surface area contributed by atoms with Gasteiger partial charge in [0.05, 0.1) is 0 Å². The third-order valence-electron chi connectivity index (χ3n) is 5.40. The van der Waals surface area contributed by atoms with Gasteiger partial charge in [-0.3, -0.25) is 4.79 Å². The number of rotatable bonds is 2. The molecular formula is C21H24N4O. The van der Waals surface area contributed by atoms with Crippen molar-refractivity contribution in [2.45, 2.75) is 40.0 Å². The molecule has 26 heavy (non-hydrogen) atoms. The zero-order valence-electron chi connectivity index (χ0n) is 15.8. The van der Waals surface area contributed by atoms with Crippen molar-refractivity contribution in [2.75, 3.05) is 13.1 Å². The van der Waals surface area contributed by atoms with Gasteiger partial charge in [-0.15, -0.1) is 0 Å². The van der Waals surface area contributed by atoms with E-state index in [4.69, 9.17) is 0 Å². The van der Waals surface area contributed by atoms with Crippen molar-refractivity contribution < 1.29 is 4.79 Å². The number of carbonyl (C=O) groups excluding carboxylic acids is 1. The molecule has 0 bridgehead atoms. The van der Waals surface area contributed by atoms with E-state index in [9.17, 15) is 4.79 Å². The zero-order valence-corrected chi connectivity index (χ0v) is 15.8. The highest BCUT2D eigenvalue weighted by Gasteiger charge is 2.30. The normalized spacial score (nSPS) is 17.2. The Kier molecular flexibility index (Phi) is 4.02. The second-order valence-corrected chi connectivity index (χ2v) is 7.38. The molecule has 3 heterocycles. The minimum Gasteiger partial charge on any atom is -0.358 e. The lowest BCUT2D eigenvalue weighted by Crippen LogP contribution is -2.28. The van der Waals surface area contributed by atoms with E-state index in [1.807, 2.05) is 43.0 Å². The molecule has 0 aliphatic carbocycles. The van der Waals surface area contributed by atoms with Crippen molar-refractivity contribution in [1.82, 2.24) is 19.9 Å². The summed E-state index contributed by atoms with van der Waals surface area (Å²) in [4.78, 5) is 27.5. The highest BCUT2D eigenvalue weighted by molar-refractivity contribution is 5.99. The fraction of sp³-hybridized carbons (Fsp3) is 0.381. The lowest BCUT2D eigenvalue weighted by molar-refractivity contribution is 0.0790. The number of aromatic nitrogens is 3. The number of carbonyl (C=O) groups is 1. The molecule has 0 spiro atoms. The minimum absolute atomic E-state index is 0.0945. The Morgan fingerprint density at radius 2 is 1.85 bits per heavy atom. The zero-order chi connectivity index (χ0) is 18.4. The largest absolute Gasteiger partial charge is 0.358 e. The predicted molar refractivity (Wildman–Crippen MR) is 103 cm³/mol. The van der Waals surface area contributed by atoms with Crippen LogP contribution in [0.15, 0.2) is 24.3 Å². The third kappa shape index (κ3) is 2.87. The van der Waals surface area contributed by atoms with Gasteiger partial charge in [-0.25, -0.2) is 9.97 Å². The van der Waals surface area contributed by atoms with Crippen LogP contribution in [0, 0.1) is 27.7 Å². The van der Waals surface area contributed by atoms with Crippen molar-refractivity contribution >= 4 is 16.8 Å². The summed E-state index contributed by atoms with van der Waals surface area (Å²) in [5, 5.41) is 1.13. The summed E-state index contributed by atoms with van der Waals surface area (Å²) in [6.45, 7) is 9.57. The molecule has 5 heteroatoms. The maximum Gasteiger partial charge on any atom is 0.253 e. The first-order valence-electron chi connectivity index (χ1n) is 9.13. The maximum absolute atomic E-state index is 13.0. The first-order chi connectivity index (χ1) is 12.4. The monoisotopic (exact) mass is 348 g/mol. The Morgan fingerprint density at radius 3 is 2.58 bits per heavy atom. The van der Waals surface area contributed by atoms with Crippen molar-refractivity contribution in [3.05, 3.63) is 58.3 Å². The molecule has 1 saturated heterocycles. The molecule has 1 aromatic carbocycles. The number of likely N-dealkylation sites (tertiary alicyclic amines) is 1.